The number of hydrogen-bond acceptors (Lipinski definition) is 3. The van der Waals surface area contributed by atoms with Crippen molar-refractivity contribution in [1.29, 1.82) is 0 Å². The van der Waals surface area contributed by atoms with Gasteiger partial charge < -0.3 is 5.11 Å². The van der Waals surface area contributed by atoms with Crippen molar-refractivity contribution in [2.45, 2.75) is 31.8 Å². The van der Waals surface area contributed by atoms with Crippen LogP contribution in [0.3, 0.4) is 0 Å². The number of pyridine rings is 1. The number of fused-ring (bicyclic) bond motifs is 2. The molecule has 0 spiro atoms. The normalized spacial score (nSPS) is 15.9. The van der Waals surface area contributed by atoms with Crippen molar-refractivity contribution >= 4 is 17.0 Å². The Bertz CT molecular complexity index is 1320. The lowest BCUT2D eigenvalue weighted by Gasteiger charge is -2.22. The lowest BCUT2D eigenvalue weighted by atomic mass is 9.88. The van der Waals surface area contributed by atoms with Gasteiger partial charge in [-0.1, -0.05) is 72.8 Å². The Kier molecular flexibility index (Phi) is 5.13. The summed E-state index contributed by atoms with van der Waals surface area (Å²) in [5.74, 6) is -0.0413. The van der Waals surface area contributed by atoms with Crippen molar-refractivity contribution in [2.24, 2.45) is 4.99 Å². The summed E-state index contributed by atoms with van der Waals surface area (Å²) in [7, 11) is 0. The molecular weight excluding hydrogens is 384 g/mol. The number of rotatable bonds is 4. The van der Waals surface area contributed by atoms with Crippen LogP contribution in [0, 0.1) is 0 Å². The number of aromatic hydroxyl groups is 1. The van der Waals surface area contributed by atoms with Crippen molar-refractivity contribution < 1.29 is 5.11 Å². The third kappa shape index (κ3) is 3.66. The highest BCUT2D eigenvalue weighted by Crippen LogP contribution is 2.33. The van der Waals surface area contributed by atoms with E-state index in [1.807, 2.05) is 54.6 Å². The summed E-state index contributed by atoms with van der Waals surface area (Å²) in [5.41, 5.74) is 3.95. The van der Waals surface area contributed by atoms with E-state index in [0.717, 1.165) is 30.2 Å². The molecule has 1 aliphatic carbocycles. The maximum Gasteiger partial charge on any atom is 0.261 e. The smallest absolute Gasteiger partial charge is 0.261 e. The minimum atomic E-state index is -0.197. The van der Waals surface area contributed by atoms with Gasteiger partial charge >= 0.3 is 0 Å². The molecule has 0 saturated heterocycles. The van der Waals surface area contributed by atoms with Crippen molar-refractivity contribution in [2.75, 3.05) is 0 Å². The van der Waals surface area contributed by atoms with Gasteiger partial charge in [-0.2, -0.15) is 0 Å². The van der Waals surface area contributed by atoms with Crippen molar-refractivity contribution in [3.8, 4) is 5.88 Å². The number of aryl methyl sites for hydroxylation is 1. The monoisotopic (exact) mass is 408 g/mol. The Labute approximate surface area is 181 Å². The molecule has 4 aromatic rings. The topological polar surface area (TPSA) is 54.6 Å². The van der Waals surface area contributed by atoms with E-state index in [2.05, 4.69) is 24.3 Å². The minimum Gasteiger partial charge on any atom is -0.494 e. The summed E-state index contributed by atoms with van der Waals surface area (Å²) in [4.78, 5) is 18.0. The maximum absolute atomic E-state index is 13.1. The highest BCUT2D eigenvalue weighted by atomic mass is 16.3. The fourth-order valence-electron chi connectivity index (χ4n) is 4.50. The Morgan fingerprint density at radius 2 is 1.65 bits per heavy atom. The summed E-state index contributed by atoms with van der Waals surface area (Å²) in [5, 5.41) is 12.4. The molecule has 1 N–H and O–H groups in total. The highest BCUT2D eigenvalue weighted by molar-refractivity contribution is 6.01. The van der Waals surface area contributed by atoms with E-state index in [0.29, 0.717) is 17.5 Å². The minimum absolute atomic E-state index is 0.0413. The first-order chi connectivity index (χ1) is 15.2. The number of aromatic nitrogens is 1. The number of benzene rings is 3. The number of hydrogen-bond donors (Lipinski definition) is 1. The van der Waals surface area contributed by atoms with Crippen LogP contribution in [0.25, 0.3) is 10.8 Å². The molecule has 4 nitrogen and oxygen atoms in total. The summed E-state index contributed by atoms with van der Waals surface area (Å²) < 4.78 is 1.44. The third-order valence-electron chi connectivity index (χ3n) is 6.09. The van der Waals surface area contributed by atoms with E-state index in [4.69, 9.17) is 4.99 Å². The van der Waals surface area contributed by atoms with Gasteiger partial charge in [0.25, 0.3) is 5.56 Å². The first kappa shape index (κ1) is 19.3. The average molecular weight is 409 g/mol. The molecule has 1 heterocycles. The lowest BCUT2D eigenvalue weighted by Crippen LogP contribution is -2.22. The van der Waals surface area contributed by atoms with Gasteiger partial charge in [-0.25, -0.2) is 0 Å². The van der Waals surface area contributed by atoms with E-state index in [-0.39, 0.29) is 17.5 Å². The molecule has 31 heavy (non-hydrogen) atoms. The van der Waals surface area contributed by atoms with Crippen LogP contribution in [-0.4, -0.2) is 15.9 Å². The molecule has 1 aliphatic rings. The molecule has 1 aromatic heterocycles. The molecule has 0 bridgehead atoms. The summed E-state index contributed by atoms with van der Waals surface area (Å²) in [6, 6.07) is 25.6. The van der Waals surface area contributed by atoms with Gasteiger partial charge in [-0.05, 0) is 42.0 Å². The van der Waals surface area contributed by atoms with Gasteiger partial charge in [0.15, 0.2) is 0 Å². The average Bonchev–Trinajstić information content (AvgIpc) is 2.82. The maximum atomic E-state index is 13.1. The zero-order valence-corrected chi connectivity index (χ0v) is 17.2. The molecule has 0 radical (unpaired) electrons. The van der Waals surface area contributed by atoms with Crippen LogP contribution >= 0.6 is 0 Å². The van der Waals surface area contributed by atoms with Crippen LogP contribution in [0.15, 0.2) is 88.6 Å². The second-order valence-corrected chi connectivity index (χ2v) is 8.04. The molecule has 0 fully saturated rings. The van der Waals surface area contributed by atoms with Crippen LogP contribution in [0.2, 0.25) is 0 Å². The molecule has 4 heteroatoms. The summed E-state index contributed by atoms with van der Waals surface area (Å²) >= 11 is 0. The van der Waals surface area contributed by atoms with Crippen LogP contribution in [0.4, 0.5) is 0 Å². The molecule has 0 amide bonds. The quantitative estimate of drug-likeness (QED) is 0.469. The predicted octanol–water partition coefficient (Wildman–Crippen LogP) is 5.25. The Morgan fingerprint density at radius 1 is 0.935 bits per heavy atom. The van der Waals surface area contributed by atoms with Crippen molar-refractivity contribution in [3.05, 3.63) is 111 Å². The van der Waals surface area contributed by atoms with Crippen molar-refractivity contribution in [3.63, 3.8) is 0 Å². The molecular formula is C27H24N2O2. The Balaban J connectivity index is 1.62. The second kappa shape index (κ2) is 8.23. The largest absolute Gasteiger partial charge is 0.494 e. The third-order valence-corrected chi connectivity index (χ3v) is 6.09. The summed E-state index contributed by atoms with van der Waals surface area (Å²) in [6.45, 7) is 0.309. The molecule has 3 aromatic carbocycles. The number of aliphatic imine (C=N–C) groups is 1. The summed E-state index contributed by atoms with van der Waals surface area (Å²) in [6.07, 6.45) is 4.92. The predicted molar refractivity (Wildman–Crippen MR) is 125 cm³/mol. The molecule has 1 atom stereocenters. The molecule has 1 unspecified atom stereocenters. The highest BCUT2D eigenvalue weighted by Gasteiger charge is 2.20. The number of nitrogens with zero attached hydrogens (tertiary/aromatic N) is 2. The van der Waals surface area contributed by atoms with Gasteiger partial charge in [-0.15, -0.1) is 0 Å². The second-order valence-electron chi connectivity index (χ2n) is 8.04. The first-order valence-corrected chi connectivity index (χ1v) is 10.7. The fourth-order valence-corrected chi connectivity index (χ4v) is 4.50. The van der Waals surface area contributed by atoms with Gasteiger partial charge in [0, 0.05) is 17.0 Å². The Morgan fingerprint density at radius 3 is 2.48 bits per heavy atom. The SMILES string of the molecule is O=c1c2ccccc2c(C=NC2CCCc3ccccc32)c(O)n1Cc1ccccc1. The van der Waals surface area contributed by atoms with E-state index in [1.54, 1.807) is 6.21 Å². The standard InChI is InChI=1S/C27H24N2O2/c30-26-23-15-7-6-14-22(23)24(27(31)29(26)18-19-9-2-1-3-10-19)17-28-25-16-8-12-20-11-4-5-13-21(20)25/h1-7,9-11,13-15,17,25,31H,8,12,16,18H2. The van der Waals surface area contributed by atoms with E-state index >= 15 is 0 Å². The van der Waals surface area contributed by atoms with E-state index < -0.39 is 0 Å². The molecule has 5 rings (SSSR count). The zero-order valence-electron chi connectivity index (χ0n) is 17.2. The van der Waals surface area contributed by atoms with Crippen LogP contribution in [0.5, 0.6) is 5.88 Å². The first-order valence-electron chi connectivity index (χ1n) is 10.7. The van der Waals surface area contributed by atoms with Gasteiger partial charge in [0.1, 0.15) is 0 Å². The molecule has 154 valence electrons. The molecule has 0 saturated carbocycles. The Hall–Kier alpha value is -3.66. The van der Waals surface area contributed by atoms with Crippen LogP contribution in [0.1, 0.15) is 41.1 Å². The zero-order chi connectivity index (χ0) is 21.2. The molecule has 0 aliphatic heterocycles. The lowest BCUT2D eigenvalue weighted by molar-refractivity contribution is 0.416. The van der Waals surface area contributed by atoms with Gasteiger partial charge in [-0.3, -0.25) is 14.4 Å². The fraction of sp³-hybridized carbons (Fsp3) is 0.185. The van der Waals surface area contributed by atoms with Crippen molar-refractivity contribution in [1.82, 2.24) is 4.57 Å². The van der Waals surface area contributed by atoms with Gasteiger partial charge in [0.05, 0.1) is 18.2 Å². The van der Waals surface area contributed by atoms with Crippen LogP contribution < -0.4 is 5.56 Å². The van der Waals surface area contributed by atoms with Gasteiger partial charge in [0.2, 0.25) is 5.88 Å². The van der Waals surface area contributed by atoms with E-state index in [9.17, 15) is 9.90 Å². The van der Waals surface area contributed by atoms with E-state index in [1.165, 1.54) is 15.7 Å². The van der Waals surface area contributed by atoms with Crippen LogP contribution in [-0.2, 0) is 13.0 Å².